The van der Waals surface area contributed by atoms with Crippen LogP contribution in [0.25, 0.3) is 0 Å². The Labute approximate surface area is 34.9 Å². The predicted octanol–water partition coefficient (Wildman–Crippen LogP) is 0.508. The highest BCUT2D eigenvalue weighted by Gasteiger charge is 1.66. The summed E-state index contributed by atoms with van der Waals surface area (Å²) < 4.78 is 4.67. The highest BCUT2D eigenvalue weighted by Crippen LogP contribution is 1.76. The highest BCUT2D eigenvalue weighted by atomic mass is 31.0. The summed E-state index contributed by atoms with van der Waals surface area (Å²) in [5.74, 6) is 0. The largest absolute Gasteiger partial charge is 0.384 e. The third-order valence-electron chi connectivity index (χ3n) is 0.322. The molecule has 0 radical (unpaired) electrons. The molecule has 5 heavy (non-hydrogen) atoms. The SMILES string of the molecule is COCCP. The van der Waals surface area contributed by atoms with Crippen LogP contribution in [0.15, 0.2) is 0 Å². The fraction of sp³-hybridized carbons (Fsp3) is 1.00. The molecule has 1 atom stereocenters. The molecule has 0 aromatic rings. The first-order chi connectivity index (χ1) is 2.41. The lowest BCUT2D eigenvalue weighted by Crippen LogP contribution is -1.84. The lowest BCUT2D eigenvalue weighted by atomic mass is 10.9. The van der Waals surface area contributed by atoms with Crippen LogP contribution in [0.5, 0.6) is 0 Å². The molecule has 1 unspecified atom stereocenters. The molecule has 0 saturated heterocycles. The Bertz CT molecular complexity index is 14.4. The zero-order valence-corrected chi connectivity index (χ0v) is 4.55. The Morgan fingerprint density at radius 3 is 2.40 bits per heavy atom. The van der Waals surface area contributed by atoms with Gasteiger partial charge in [-0.15, -0.1) is 9.24 Å². The first-order valence-electron chi connectivity index (χ1n) is 1.61. The number of hydrogen-bond acceptors (Lipinski definition) is 1. The van der Waals surface area contributed by atoms with E-state index in [1.165, 1.54) is 0 Å². The van der Waals surface area contributed by atoms with Gasteiger partial charge in [-0.05, 0) is 6.16 Å². The van der Waals surface area contributed by atoms with E-state index in [1.54, 1.807) is 7.11 Å². The molecule has 0 aliphatic heterocycles. The fourth-order valence-electron chi connectivity index (χ4n) is 0.118. The smallest absolute Gasteiger partial charge is 0.0496 e. The molecule has 0 aromatic heterocycles. The van der Waals surface area contributed by atoms with Crippen molar-refractivity contribution in [1.82, 2.24) is 0 Å². The summed E-state index contributed by atoms with van der Waals surface area (Å²) in [4.78, 5) is 0. The Morgan fingerprint density at radius 2 is 2.40 bits per heavy atom. The van der Waals surface area contributed by atoms with E-state index in [2.05, 4.69) is 14.0 Å². The van der Waals surface area contributed by atoms with Crippen molar-refractivity contribution in [2.75, 3.05) is 19.9 Å². The summed E-state index contributed by atoms with van der Waals surface area (Å²) in [6.07, 6.45) is 1.04. The maximum absolute atomic E-state index is 4.67. The Kier molecular flexibility index (Phi) is 4.73. The lowest BCUT2D eigenvalue weighted by Gasteiger charge is -1.84. The molecule has 0 bridgehead atoms. The second-order valence-electron chi connectivity index (χ2n) is 0.781. The molecule has 0 aromatic carbocycles. The van der Waals surface area contributed by atoms with E-state index in [0.717, 1.165) is 12.8 Å². The van der Waals surface area contributed by atoms with Gasteiger partial charge in [0.25, 0.3) is 0 Å². The molecule has 0 aliphatic carbocycles. The zero-order valence-electron chi connectivity index (χ0n) is 3.40. The van der Waals surface area contributed by atoms with E-state index >= 15 is 0 Å². The van der Waals surface area contributed by atoms with Gasteiger partial charge in [0.05, 0.1) is 0 Å². The van der Waals surface area contributed by atoms with Gasteiger partial charge in [0.2, 0.25) is 0 Å². The molecule has 2 heteroatoms. The van der Waals surface area contributed by atoms with Crippen LogP contribution in [-0.4, -0.2) is 19.9 Å². The van der Waals surface area contributed by atoms with Gasteiger partial charge in [0.15, 0.2) is 0 Å². The van der Waals surface area contributed by atoms with Gasteiger partial charge in [0, 0.05) is 13.7 Å². The molecule has 0 N–H and O–H groups in total. The Hall–Kier alpha value is 0.390. The van der Waals surface area contributed by atoms with E-state index in [4.69, 9.17) is 0 Å². The molecular weight excluding hydrogens is 83.0 g/mol. The number of hydrogen-bond donors (Lipinski definition) is 0. The number of ether oxygens (including phenoxy) is 1. The zero-order chi connectivity index (χ0) is 4.12. The number of rotatable bonds is 2. The van der Waals surface area contributed by atoms with Gasteiger partial charge in [-0.3, -0.25) is 0 Å². The standard InChI is InChI=1S/C3H9OP/c1-4-2-3-5/h2-3,5H2,1H3. The Balaban J connectivity index is 2.19. The monoisotopic (exact) mass is 92.0 g/mol. The molecule has 0 fully saturated rings. The maximum atomic E-state index is 4.67. The predicted molar refractivity (Wildman–Crippen MR) is 26.5 cm³/mol. The van der Waals surface area contributed by atoms with Crippen LogP contribution in [-0.2, 0) is 4.74 Å². The quantitative estimate of drug-likeness (QED) is 0.451. The first-order valence-corrected chi connectivity index (χ1v) is 2.42. The van der Waals surface area contributed by atoms with Crippen molar-refractivity contribution in [3.63, 3.8) is 0 Å². The van der Waals surface area contributed by atoms with Crippen molar-refractivity contribution in [2.45, 2.75) is 0 Å². The van der Waals surface area contributed by atoms with Gasteiger partial charge < -0.3 is 4.74 Å². The average Bonchev–Trinajstić information content (AvgIpc) is 1.41. The Morgan fingerprint density at radius 1 is 1.80 bits per heavy atom. The fourth-order valence-corrected chi connectivity index (χ4v) is 0.354. The van der Waals surface area contributed by atoms with Crippen LogP contribution in [0.3, 0.4) is 0 Å². The van der Waals surface area contributed by atoms with Crippen LogP contribution >= 0.6 is 9.24 Å². The minimum absolute atomic E-state index is 0.852. The van der Waals surface area contributed by atoms with Crippen LogP contribution in [0.4, 0.5) is 0 Å². The van der Waals surface area contributed by atoms with Gasteiger partial charge in [-0.25, -0.2) is 0 Å². The normalized spacial score (nSPS) is 8.40. The molecule has 0 spiro atoms. The lowest BCUT2D eigenvalue weighted by molar-refractivity contribution is 0.218. The minimum Gasteiger partial charge on any atom is -0.384 e. The summed E-state index contributed by atoms with van der Waals surface area (Å²) in [5.41, 5.74) is 0. The average molecular weight is 92.1 g/mol. The van der Waals surface area contributed by atoms with Crippen molar-refractivity contribution in [3.05, 3.63) is 0 Å². The second-order valence-corrected chi connectivity index (χ2v) is 1.36. The van der Waals surface area contributed by atoms with Crippen molar-refractivity contribution in [3.8, 4) is 0 Å². The van der Waals surface area contributed by atoms with E-state index in [9.17, 15) is 0 Å². The van der Waals surface area contributed by atoms with E-state index in [1.807, 2.05) is 0 Å². The van der Waals surface area contributed by atoms with Crippen LogP contribution in [0.1, 0.15) is 0 Å². The third-order valence-corrected chi connectivity index (χ3v) is 0.558. The van der Waals surface area contributed by atoms with Gasteiger partial charge in [-0.2, -0.15) is 0 Å². The summed E-state index contributed by atoms with van der Waals surface area (Å²) in [5, 5.41) is 0. The van der Waals surface area contributed by atoms with Crippen LogP contribution < -0.4 is 0 Å². The summed E-state index contributed by atoms with van der Waals surface area (Å²) in [7, 11) is 4.27. The molecule has 0 heterocycles. The van der Waals surface area contributed by atoms with Gasteiger partial charge in [-0.1, -0.05) is 0 Å². The van der Waals surface area contributed by atoms with E-state index in [-0.39, 0.29) is 0 Å². The van der Waals surface area contributed by atoms with Crippen molar-refractivity contribution < 1.29 is 4.74 Å². The molecule has 32 valence electrons. The van der Waals surface area contributed by atoms with Crippen molar-refractivity contribution in [1.29, 1.82) is 0 Å². The summed E-state index contributed by atoms with van der Waals surface area (Å²) >= 11 is 0. The number of methoxy groups -OCH3 is 1. The molecule has 0 saturated carbocycles. The van der Waals surface area contributed by atoms with Crippen molar-refractivity contribution in [2.24, 2.45) is 0 Å². The topological polar surface area (TPSA) is 9.23 Å². The van der Waals surface area contributed by atoms with Crippen molar-refractivity contribution >= 4 is 9.24 Å². The molecule has 0 rings (SSSR count). The van der Waals surface area contributed by atoms with Gasteiger partial charge >= 0.3 is 0 Å². The third kappa shape index (κ3) is 4.39. The summed E-state index contributed by atoms with van der Waals surface area (Å²) in [6, 6.07) is 0. The van der Waals surface area contributed by atoms with Crippen LogP contribution in [0, 0.1) is 0 Å². The van der Waals surface area contributed by atoms with Crippen LogP contribution in [0.2, 0.25) is 0 Å². The maximum Gasteiger partial charge on any atom is 0.0496 e. The molecule has 0 aliphatic rings. The molecule has 1 nitrogen and oxygen atoms in total. The van der Waals surface area contributed by atoms with E-state index < -0.39 is 0 Å². The van der Waals surface area contributed by atoms with E-state index in [0.29, 0.717) is 0 Å². The first kappa shape index (κ1) is 5.39. The van der Waals surface area contributed by atoms with Gasteiger partial charge in [0.1, 0.15) is 0 Å². The molecular formula is C3H9OP. The second kappa shape index (κ2) is 4.39. The minimum atomic E-state index is 0.852. The highest BCUT2D eigenvalue weighted by molar-refractivity contribution is 7.16. The summed E-state index contributed by atoms with van der Waals surface area (Å²) in [6.45, 7) is 0.852. The molecule has 0 amide bonds.